The van der Waals surface area contributed by atoms with Crippen LogP contribution >= 0.6 is 22.9 Å². The number of carbonyl (C=O) groups is 2. The molecule has 3 rings (SSSR count). The molecule has 1 amide bonds. The number of amides is 1. The highest BCUT2D eigenvalue weighted by atomic mass is 35.5. The fraction of sp³-hybridized carbons (Fsp3) is 0.167. The molecule has 0 bridgehead atoms. The molecular weight excluding hydrogens is 424 g/mol. The van der Waals surface area contributed by atoms with Crippen LogP contribution in [0.15, 0.2) is 53.4 Å². The Bertz CT molecular complexity index is 1080. The number of aromatic nitrogens is 1. The zero-order valence-electron chi connectivity index (χ0n) is 14.4. The standard InChI is InChI=1S/C18H15ClN2O5S2/c19-12-5-7-13(8-6-12)28(24,25)10-9-17(23)26-11-16(22)21-18-20-14-3-1-2-4-15(14)27-18/h1-8H,9-11H2,(H,20,21,22). The third-order valence-electron chi connectivity index (χ3n) is 3.65. The van der Waals surface area contributed by atoms with Crippen molar-refractivity contribution >= 4 is 60.0 Å². The zero-order valence-corrected chi connectivity index (χ0v) is 16.8. The van der Waals surface area contributed by atoms with Gasteiger partial charge in [-0.2, -0.15) is 0 Å². The number of sulfone groups is 1. The van der Waals surface area contributed by atoms with E-state index in [2.05, 4.69) is 10.3 Å². The molecule has 146 valence electrons. The van der Waals surface area contributed by atoms with Crippen molar-refractivity contribution in [3.05, 3.63) is 53.6 Å². The Hall–Kier alpha value is -2.49. The van der Waals surface area contributed by atoms with E-state index in [4.69, 9.17) is 16.3 Å². The number of thiazole rings is 1. The SMILES string of the molecule is O=C(COC(=O)CCS(=O)(=O)c1ccc(Cl)cc1)Nc1nc2ccccc2s1. The summed E-state index contributed by atoms with van der Waals surface area (Å²) in [6.07, 6.45) is -0.362. The first kappa shape index (κ1) is 20.2. The molecule has 1 N–H and O–H groups in total. The van der Waals surface area contributed by atoms with Gasteiger partial charge in [0, 0.05) is 5.02 Å². The predicted molar refractivity (Wildman–Crippen MR) is 107 cm³/mol. The number of hydrogen-bond acceptors (Lipinski definition) is 7. The Morgan fingerprint density at radius 2 is 1.82 bits per heavy atom. The van der Waals surface area contributed by atoms with Crippen molar-refractivity contribution in [2.45, 2.75) is 11.3 Å². The molecule has 28 heavy (non-hydrogen) atoms. The van der Waals surface area contributed by atoms with Crippen LogP contribution in [0.1, 0.15) is 6.42 Å². The highest BCUT2D eigenvalue weighted by Gasteiger charge is 2.18. The molecule has 2 aromatic carbocycles. The number of rotatable bonds is 7. The van der Waals surface area contributed by atoms with Gasteiger partial charge in [-0.15, -0.1) is 0 Å². The number of nitrogens with zero attached hydrogens (tertiary/aromatic N) is 1. The van der Waals surface area contributed by atoms with E-state index in [0.29, 0.717) is 10.2 Å². The summed E-state index contributed by atoms with van der Waals surface area (Å²) < 4.78 is 30.1. The number of hydrogen-bond donors (Lipinski definition) is 1. The molecule has 1 aromatic heterocycles. The van der Waals surface area contributed by atoms with Crippen LogP contribution in [0.25, 0.3) is 10.2 Å². The largest absolute Gasteiger partial charge is 0.456 e. The van der Waals surface area contributed by atoms with Gasteiger partial charge in [0.1, 0.15) is 0 Å². The van der Waals surface area contributed by atoms with Gasteiger partial charge in [0.05, 0.1) is 27.3 Å². The maximum absolute atomic E-state index is 12.2. The summed E-state index contributed by atoms with van der Waals surface area (Å²) in [7, 11) is -3.64. The van der Waals surface area contributed by atoms with Crippen molar-refractivity contribution in [2.75, 3.05) is 17.7 Å². The second kappa shape index (κ2) is 8.68. The maximum atomic E-state index is 12.2. The molecule has 0 fully saturated rings. The lowest BCUT2D eigenvalue weighted by Crippen LogP contribution is -2.22. The molecule has 0 saturated heterocycles. The maximum Gasteiger partial charge on any atom is 0.307 e. The summed E-state index contributed by atoms with van der Waals surface area (Å²) in [5.74, 6) is -1.75. The molecule has 0 atom stereocenters. The quantitative estimate of drug-likeness (QED) is 0.568. The fourth-order valence-corrected chi connectivity index (χ4v) is 4.51. The topological polar surface area (TPSA) is 102 Å². The van der Waals surface area contributed by atoms with Crippen LogP contribution in [0.4, 0.5) is 5.13 Å². The third-order valence-corrected chi connectivity index (χ3v) is 6.59. The molecular formula is C18H15ClN2O5S2. The number of halogens is 1. The van der Waals surface area contributed by atoms with E-state index >= 15 is 0 Å². The molecule has 0 aliphatic rings. The van der Waals surface area contributed by atoms with Gasteiger partial charge in [0.2, 0.25) is 0 Å². The molecule has 0 unspecified atom stereocenters. The van der Waals surface area contributed by atoms with Crippen LogP contribution in [-0.2, 0) is 24.2 Å². The minimum absolute atomic E-state index is 0.0679. The van der Waals surface area contributed by atoms with Crippen molar-refractivity contribution in [3.8, 4) is 0 Å². The van der Waals surface area contributed by atoms with Gasteiger partial charge in [-0.25, -0.2) is 13.4 Å². The van der Waals surface area contributed by atoms with Gasteiger partial charge in [-0.3, -0.25) is 14.9 Å². The van der Waals surface area contributed by atoms with E-state index in [-0.39, 0.29) is 11.3 Å². The van der Waals surface area contributed by atoms with Gasteiger partial charge in [0.15, 0.2) is 21.6 Å². The lowest BCUT2D eigenvalue weighted by atomic mass is 10.3. The number of carbonyl (C=O) groups excluding carboxylic acids is 2. The molecule has 0 radical (unpaired) electrons. The Labute approximate surface area is 170 Å². The fourth-order valence-electron chi connectivity index (χ4n) is 2.28. The van der Waals surface area contributed by atoms with E-state index < -0.39 is 34.1 Å². The summed E-state index contributed by atoms with van der Waals surface area (Å²) in [6.45, 7) is -0.518. The van der Waals surface area contributed by atoms with Crippen LogP contribution in [0.3, 0.4) is 0 Å². The van der Waals surface area contributed by atoms with E-state index in [1.807, 2.05) is 24.3 Å². The van der Waals surface area contributed by atoms with E-state index in [0.717, 1.165) is 10.2 Å². The highest BCUT2D eigenvalue weighted by Crippen LogP contribution is 2.25. The lowest BCUT2D eigenvalue weighted by molar-refractivity contribution is -0.146. The van der Waals surface area contributed by atoms with Crippen LogP contribution < -0.4 is 5.32 Å². The summed E-state index contributed by atoms with van der Waals surface area (Å²) in [5.41, 5.74) is 0.757. The molecule has 1 heterocycles. The Morgan fingerprint density at radius 1 is 1.11 bits per heavy atom. The molecule has 0 aliphatic heterocycles. The van der Waals surface area contributed by atoms with Crippen LogP contribution in [0.2, 0.25) is 5.02 Å². The zero-order chi connectivity index (χ0) is 20.1. The minimum atomic E-state index is -3.64. The van der Waals surface area contributed by atoms with Crippen molar-refractivity contribution in [1.82, 2.24) is 4.98 Å². The highest BCUT2D eigenvalue weighted by molar-refractivity contribution is 7.91. The van der Waals surface area contributed by atoms with Gasteiger partial charge in [0.25, 0.3) is 5.91 Å². The average Bonchev–Trinajstić information content (AvgIpc) is 3.07. The smallest absolute Gasteiger partial charge is 0.307 e. The predicted octanol–water partition coefficient (Wildman–Crippen LogP) is 3.30. The second-order valence-electron chi connectivity index (χ2n) is 5.72. The Kier molecular flexibility index (Phi) is 6.28. The average molecular weight is 439 g/mol. The lowest BCUT2D eigenvalue weighted by Gasteiger charge is -2.06. The van der Waals surface area contributed by atoms with Crippen molar-refractivity contribution < 1.29 is 22.7 Å². The van der Waals surface area contributed by atoms with Crippen LogP contribution in [-0.4, -0.2) is 37.6 Å². The normalized spacial score (nSPS) is 11.3. The molecule has 7 nitrogen and oxygen atoms in total. The summed E-state index contributed by atoms with van der Waals surface area (Å²) >= 11 is 7.03. The Balaban J connectivity index is 1.47. The molecule has 0 saturated carbocycles. The van der Waals surface area contributed by atoms with E-state index in [9.17, 15) is 18.0 Å². The minimum Gasteiger partial charge on any atom is -0.456 e. The van der Waals surface area contributed by atoms with Crippen molar-refractivity contribution in [1.29, 1.82) is 0 Å². The first-order chi connectivity index (χ1) is 13.3. The number of fused-ring (bicyclic) bond motifs is 1. The van der Waals surface area contributed by atoms with Gasteiger partial charge < -0.3 is 4.74 Å². The molecule has 0 spiro atoms. The number of nitrogens with one attached hydrogen (secondary N) is 1. The molecule has 10 heteroatoms. The van der Waals surface area contributed by atoms with Crippen molar-refractivity contribution in [3.63, 3.8) is 0 Å². The summed E-state index contributed by atoms with van der Waals surface area (Å²) in [4.78, 5) is 28.0. The summed E-state index contributed by atoms with van der Waals surface area (Å²) in [5, 5.41) is 3.36. The van der Waals surface area contributed by atoms with Gasteiger partial charge in [-0.05, 0) is 36.4 Å². The number of ether oxygens (including phenoxy) is 1. The monoisotopic (exact) mass is 438 g/mol. The first-order valence-corrected chi connectivity index (χ1v) is 11.0. The van der Waals surface area contributed by atoms with Gasteiger partial charge >= 0.3 is 5.97 Å². The first-order valence-electron chi connectivity index (χ1n) is 8.13. The van der Waals surface area contributed by atoms with Crippen LogP contribution in [0.5, 0.6) is 0 Å². The van der Waals surface area contributed by atoms with E-state index in [1.54, 1.807) is 0 Å². The van der Waals surface area contributed by atoms with E-state index in [1.165, 1.54) is 35.6 Å². The van der Waals surface area contributed by atoms with Gasteiger partial charge in [-0.1, -0.05) is 35.1 Å². The number of benzene rings is 2. The number of anilines is 1. The molecule has 3 aromatic rings. The summed E-state index contributed by atoms with van der Waals surface area (Å²) in [6, 6.07) is 13.1. The molecule has 0 aliphatic carbocycles. The second-order valence-corrected chi connectivity index (χ2v) is 9.29. The third kappa shape index (κ3) is 5.28. The number of esters is 1. The van der Waals surface area contributed by atoms with Crippen LogP contribution in [0, 0.1) is 0 Å². The van der Waals surface area contributed by atoms with Crippen molar-refractivity contribution in [2.24, 2.45) is 0 Å². The number of para-hydroxylation sites is 1. The Morgan fingerprint density at radius 3 is 2.54 bits per heavy atom.